The zero-order valence-electron chi connectivity index (χ0n) is 17.7. The number of non-ortho nitro benzene ring substituents is 1. The number of aromatic nitrogens is 2. The van der Waals surface area contributed by atoms with Gasteiger partial charge in [-0.25, -0.2) is 4.39 Å². The molecule has 0 atom stereocenters. The lowest BCUT2D eigenvalue weighted by molar-refractivity contribution is -0.384. The number of nitrogens with zero attached hydrogens (tertiary/aromatic N) is 3. The Labute approximate surface area is 198 Å². The van der Waals surface area contributed by atoms with E-state index in [1.54, 1.807) is 47.3 Å². The molecule has 4 aromatic rings. The van der Waals surface area contributed by atoms with E-state index in [1.807, 2.05) is 0 Å². The minimum atomic E-state index is -0.532. The average molecular weight is 481 g/mol. The molecule has 0 bridgehead atoms. The summed E-state index contributed by atoms with van der Waals surface area (Å²) in [6, 6.07) is 16.9. The number of halogens is 2. The van der Waals surface area contributed by atoms with E-state index in [2.05, 4.69) is 10.4 Å². The van der Waals surface area contributed by atoms with Crippen molar-refractivity contribution in [3.8, 4) is 5.75 Å². The van der Waals surface area contributed by atoms with Gasteiger partial charge in [-0.1, -0.05) is 35.9 Å². The molecule has 1 N–H and O–H groups in total. The van der Waals surface area contributed by atoms with E-state index in [0.29, 0.717) is 23.5 Å². The Balaban J connectivity index is 1.32. The van der Waals surface area contributed by atoms with Crippen LogP contribution in [-0.2, 0) is 13.2 Å². The molecule has 1 heterocycles. The SMILES string of the molecule is O=C(Nc1cnn(Cc2ccc(F)cc2)c1)c1ccc(COc2ccc([N+](=O)[O-])cc2Cl)cc1. The minimum Gasteiger partial charge on any atom is -0.487 e. The van der Waals surface area contributed by atoms with Crippen LogP contribution in [0.25, 0.3) is 0 Å². The second kappa shape index (κ2) is 10.1. The summed E-state index contributed by atoms with van der Waals surface area (Å²) in [5.74, 6) is -0.274. The summed E-state index contributed by atoms with van der Waals surface area (Å²) in [7, 11) is 0. The van der Waals surface area contributed by atoms with Crippen molar-refractivity contribution in [2.24, 2.45) is 0 Å². The molecule has 0 fully saturated rings. The van der Waals surface area contributed by atoms with Gasteiger partial charge in [0.05, 0.1) is 28.4 Å². The predicted octanol–water partition coefficient (Wildman–Crippen LogP) is 5.46. The van der Waals surface area contributed by atoms with Crippen molar-refractivity contribution in [3.05, 3.63) is 117 Å². The molecule has 0 aliphatic rings. The number of nitrogens with one attached hydrogen (secondary N) is 1. The van der Waals surface area contributed by atoms with Crippen LogP contribution < -0.4 is 10.1 Å². The summed E-state index contributed by atoms with van der Waals surface area (Å²) < 4.78 is 20.3. The molecule has 34 heavy (non-hydrogen) atoms. The van der Waals surface area contributed by atoms with Crippen molar-refractivity contribution in [1.29, 1.82) is 0 Å². The maximum Gasteiger partial charge on any atom is 0.271 e. The molecule has 8 nitrogen and oxygen atoms in total. The van der Waals surface area contributed by atoms with E-state index in [9.17, 15) is 19.3 Å². The molecule has 1 aromatic heterocycles. The number of hydrogen-bond donors (Lipinski definition) is 1. The molecular formula is C24H18ClFN4O4. The highest BCUT2D eigenvalue weighted by Crippen LogP contribution is 2.29. The number of amides is 1. The van der Waals surface area contributed by atoms with E-state index < -0.39 is 4.92 Å². The number of ether oxygens (including phenoxy) is 1. The second-order valence-corrected chi connectivity index (χ2v) is 7.77. The van der Waals surface area contributed by atoms with Crippen LogP contribution in [0.4, 0.5) is 15.8 Å². The zero-order valence-corrected chi connectivity index (χ0v) is 18.4. The van der Waals surface area contributed by atoms with E-state index in [4.69, 9.17) is 16.3 Å². The Hall–Kier alpha value is -4.24. The van der Waals surface area contributed by atoms with Gasteiger partial charge >= 0.3 is 0 Å². The van der Waals surface area contributed by atoms with Crippen LogP contribution in [0.1, 0.15) is 21.5 Å². The molecule has 0 saturated heterocycles. The maximum absolute atomic E-state index is 13.0. The van der Waals surface area contributed by atoms with E-state index in [0.717, 1.165) is 11.1 Å². The van der Waals surface area contributed by atoms with Gasteiger partial charge in [-0.2, -0.15) is 5.10 Å². The highest BCUT2D eigenvalue weighted by Gasteiger charge is 2.11. The quantitative estimate of drug-likeness (QED) is 0.266. The first-order chi connectivity index (χ1) is 16.4. The maximum atomic E-state index is 13.0. The molecule has 0 aliphatic heterocycles. The summed E-state index contributed by atoms with van der Waals surface area (Å²) >= 11 is 6.03. The third-order valence-electron chi connectivity index (χ3n) is 4.89. The van der Waals surface area contributed by atoms with Crippen LogP contribution in [0.3, 0.4) is 0 Å². The van der Waals surface area contributed by atoms with E-state index in [1.165, 1.54) is 36.5 Å². The standard InChI is InChI=1S/C24H18ClFN4O4/c25-22-11-21(30(32)33)9-10-23(22)34-15-17-1-5-18(6-2-17)24(31)28-20-12-27-29(14-20)13-16-3-7-19(26)8-4-16/h1-12,14H,13,15H2,(H,28,31). The fourth-order valence-corrected chi connectivity index (χ4v) is 3.36. The first-order valence-electron chi connectivity index (χ1n) is 10.1. The Morgan fingerprint density at radius 2 is 1.79 bits per heavy atom. The van der Waals surface area contributed by atoms with Crippen LogP contribution in [0.15, 0.2) is 79.1 Å². The normalized spacial score (nSPS) is 10.6. The van der Waals surface area contributed by atoms with Gasteiger partial charge in [0.1, 0.15) is 18.2 Å². The van der Waals surface area contributed by atoms with E-state index >= 15 is 0 Å². The molecular weight excluding hydrogens is 463 g/mol. The van der Waals surface area contributed by atoms with Crippen molar-refractivity contribution in [1.82, 2.24) is 9.78 Å². The number of nitro groups is 1. The third-order valence-corrected chi connectivity index (χ3v) is 5.18. The number of nitro benzene ring substituents is 1. The molecule has 1 amide bonds. The minimum absolute atomic E-state index is 0.117. The van der Waals surface area contributed by atoms with Gasteiger partial charge in [-0.3, -0.25) is 19.6 Å². The van der Waals surface area contributed by atoms with Gasteiger partial charge in [-0.05, 0) is 41.5 Å². The van der Waals surface area contributed by atoms with Crippen molar-refractivity contribution < 1.29 is 18.8 Å². The predicted molar refractivity (Wildman–Crippen MR) is 125 cm³/mol. The molecule has 0 spiro atoms. The molecule has 0 saturated carbocycles. The monoisotopic (exact) mass is 480 g/mol. The second-order valence-electron chi connectivity index (χ2n) is 7.36. The number of carbonyl (C=O) groups is 1. The fraction of sp³-hybridized carbons (Fsp3) is 0.0833. The van der Waals surface area contributed by atoms with Crippen LogP contribution in [0.2, 0.25) is 5.02 Å². The third kappa shape index (κ3) is 5.76. The van der Waals surface area contributed by atoms with Gasteiger partial charge in [0.15, 0.2) is 0 Å². The summed E-state index contributed by atoms with van der Waals surface area (Å²) in [5.41, 5.74) is 2.54. The van der Waals surface area contributed by atoms with Crippen molar-refractivity contribution >= 4 is 28.9 Å². The lowest BCUT2D eigenvalue weighted by Gasteiger charge is -2.09. The first kappa shape index (κ1) is 22.9. The van der Waals surface area contributed by atoms with Crippen molar-refractivity contribution in [2.75, 3.05) is 5.32 Å². The number of hydrogen-bond acceptors (Lipinski definition) is 5. The molecule has 10 heteroatoms. The van der Waals surface area contributed by atoms with Gasteiger partial charge in [0, 0.05) is 23.9 Å². The first-order valence-corrected chi connectivity index (χ1v) is 10.5. The van der Waals surface area contributed by atoms with Crippen LogP contribution in [0.5, 0.6) is 5.75 Å². The molecule has 0 aliphatic carbocycles. The van der Waals surface area contributed by atoms with Gasteiger partial charge in [0.2, 0.25) is 0 Å². The largest absolute Gasteiger partial charge is 0.487 e. The Morgan fingerprint density at radius 3 is 2.47 bits per heavy atom. The Morgan fingerprint density at radius 1 is 1.09 bits per heavy atom. The Kier molecular flexibility index (Phi) is 6.84. The number of carbonyl (C=O) groups excluding carboxylic acids is 1. The summed E-state index contributed by atoms with van der Waals surface area (Å²) in [6.07, 6.45) is 3.23. The van der Waals surface area contributed by atoms with Crippen LogP contribution in [0, 0.1) is 15.9 Å². The van der Waals surface area contributed by atoms with Crippen molar-refractivity contribution in [3.63, 3.8) is 0 Å². The van der Waals surface area contributed by atoms with E-state index in [-0.39, 0.29) is 29.0 Å². The number of benzene rings is 3. The number of anilines is 1. The Bertz CT molecular complexity index is 1320. The van der Waals surface area contributed by atoms with Crippen LogP contribution in [-0.4, -0.2) is 20.6 Å². The highest BCUT2D eigenvalue weighted by molar-refractivity contribution is 6.32. The summed E-state index contributed by atoms with van der Waals surface area (Å²) in [5, 5.41) is 17.9. The highest BCUT2D eigenvalue weighted by atomic mass is 35.5. The molecule has 3 aromatic carbocycles. The fourth-order valence-electron chi connectivity index (χ4n) is 3.13. The topological polar surface area (TPSA) is 99.3 Å². The molecule has 172 valence electrons. The lowest BCUT2D eigenvalue weighted by atomic mass is 10.1. The molecule has 4 rings (SSSR count). The smallest absolute Gasteiger partial charge is 0.271 e. The number of rotatable bonds is 8. The molecule has 0 radical (unpaired) electrons. The van der Waals surface area contributed by atoms with Gasteiger partial charge in [0.25, 0.3) is 11.6 Å². The van der Waals surface area contributed by atoms with Crippen LogP contribution >= 0.6 is 11.6 Å². The lowest BCUT2D eigenvalue weighted by Crippen LogP contribution is -2.11. The zero-order chi connectivity index (χ0) is 24.1. The van der Waals surface area contributed by atoms with Gasteiger partial charge < -0.3 is 10.1 Å². The summed E-state index contributed by atoms with van der Waals surface area (Å²) in [6.45, 7) is 0.624. The van der Waals surface area contributed by atoms with Crippen molar-refractivity contribution in [2.45, 2.75) is 13.2 Å². The summed E-state index contributed by atoms with van der Waals surface area (Å²) in [4.78, 5) is 22.8. The van der Waals surface area contributed by atoms with Gasteiger partial charge in [-0.15, -0.1) is 0 Å². The average Bonchev–Trinajstić information content (AvgIpc) is 3.26. The molecule has 0 unspecified atom stereocenters.